The van der Waals surface area contributed by atoms with E-state index in [0.29, 0.717) is 31.1 Å². The van der Waals surface area contributed by atoms with E-state index in [0.717, 1.165) is 17.7 Å². The number of sulfonamides is 1. The van der Waals surface area contributed by atoms with Crippen molar-refractivity contribution in [1.29, 1.82) is 0 Å². The number of amides is 1. The minimum absolute atomic E-state index is 0.0132. The number of benzene rings is 2. The van der Waals surface area contributed by atoms with Gasteiger partial charge in [-0.05, 0) is 48.1 Å². The van der Waals surface area contributed by atoms with E-state index in [4.69, 9.17) is 4.52 Å². The minimum Gasteiger partial charge on any atom is -0.337 e. The second kappa shape index (κ2) is 10.1. The van der Waals surface area contributed by atoms with Gasteiger partial charge in [0.05, 0.1) is 17.4 Å². The largest absolute Gasteiger partial charge is 0.337 e. The number of hydrogen-bond acceptors (Lipinski definition) is 6. The third-order valence-corrected chi connectivity index (χ3v) is 8.29. The van der Waals surface area contributed by atoms with Gasteiger partial charge in [0.2, 0.25) is 27.6 Å². The Morgan fingerprint density at radius 1 is 1.14 bits per heavy atom. The lowest BCUT2D eigenvalue weighted by Crippen LogP contribution is -2.45. The first-order chi connectivity index (χ1) is 16.9. The Hall–Kier alpha value is -3.11. The summed E-state index contributed by atoms with van der Waals surface area (Å²) < 4.78 is 45.9. The van der Waals surface area contributed by atoms with Crippen molar-refractivity contribution in [3.8, 4) is 11.4 Å². The van der Waals surface area contributed by atoms with Crippen LogP contribution in [0.15, 0.2) is 57.9 Å². The molecule has 0 saturated carbocycles. The van der Waals surface area contributed by atoms with Gasteiger partial charge in [-0.3, -0.25) is 4.79 Å². The molecule has 1 fully saturated rings. The molecule has 1 saturated heterocycles. The standard InChI is InChI=1S/C26H31FN4O4S/c1-26(2,3)20-9-7-18(8-10-20)24-28-23(35-29-24)17-30(4)25(32)19-6-5-15-31(16-19)36(33,34)22-13-11-21(27)12-14-22/h7-14,19H,5-6,15-17H2,1-4H3. The molecule has 10 heteroatoms. The van der Waals surface area contributed by atoms with Gasteiger partial charge >= 0.3 is 0 Å². The van der Waals surface area contributed by atoms with Gasteiger partial charge in [0.1, 0.15) is 5.82 Å². The summed E-state index contributed by atoms with van der Waals surface area (Å²) in [6.07, 6.45) is 1.13. The molecule has 1 atom stereocenters. The summed E-state index contributed by atoms with van der Waals surface area (Å²) in [7, 11) is -2.18. The molecule has 1 aromatic heterocycles. The van der Waals surface area contributed by atoms with Crippen LogP contribution in [0.1, 0.15) is 45.1 Å². The summed E-state index contributed by atoms with van der Waals surface area (Å²) in [4.78, 5) is 19.1. The number of rotatable bonds is 6. The number of carbonyl (C=O) groups excluding carboxylic acids is 1. The SMILES string of the molecule is CN(Cc1nc(-c2ccc(C(C)(C)C)cc2)no1)C(=O)C1CCCN(S(=O)(=O)c2ccc(F)cc2)C1. The van der Waals surface area contributed by atoms with Gasteiger partial charge in [-0.2, -0.15) is 9.29 Å². The van der Waals surface area contributed by atoms with Crippen LogP contribution in [0, 0.1) is 11.7 Å². The van der Waals surface area contributed by atoms with Gasteiger partial charge in [0, 0.05) is 25.7 Å². The maximum absolute atomic E-state index is 13.2. The molecule has 36 heavy (non-hydrogen) atoms. The lowest BCUT2D eigenvalue weighted by molar-refractivity contribution is -0.136. The molecule has 2 aromatic carbocycles. The molecule has 8 nitrogen and oxygen atoms in total. The molecule has 1 unspecified atom stereocenters. The average molecular weight is 515 g/mol. The fourth-order valence-corrected chi connectivity index (χ4v) is 5.79. The summed E-state index contributed by atoms with van der Waals surface area (Å²) in [5.74, 6) is -0.448. The van der Waals surface area contributed by atoms with Gasteiger partial charge in [-0.25, -0.2) is 12.8 Å². The number of aromatic nitrogens is 2. The van der Waals surface area contributed by atoms with Crippen molar-refractivity contribution in [1.82, 2.24) is 19.3 Å². The molecule has 0 N–H and O–H groups in total. The zero-order valence-electron chi connectivity index (χ0n) is 20.9. The molecule has 0 radical (unpaired) electrons. The number of piperidine rings is 1. The van der Waals surface area contributed by atoms with Gasteiger partial charge < -0.3 is 9.42 Å². The third-order valence-electron chi connectivity index (χ3n) is 6.41. The van der Waals surface area contributed by atoms with E-state index in [2.05, 4.69) is 30.9 Å². The van der Waals surface area contributed by atoms with Crippen molar-refractivity contribution in [2.75, 3.05) is 20.1 Å². The van der Waals surface area contributed by atoms with Gasteiger partial charge in [0.15, 0.2) is 0 Å². The Bertz CT molecular complexity index is 1320. The number of hydrogen-bond donors (Lipinski definition) is 0. The summed E-state index contributed by atoms with van der Waals surface area (Å²) >= 11 is 0. The highest BCUT2D eigenvalue weighted by Crippen LogP contribution is 2.27. The van der Waals surface area contributed by atoms with Crippen molar-refractivity contribution >= 4 is 15.9 Å². The molecule has 0 spiro atoms. The molecular formula is C26H31FN4O4S. The highest BCUT2D eigenvalue weighted by Gasteiger charge is 2.34. The van der Waals surface area contributed by atoms with Crippen molar-refractivity contribution in [3.05, 3.63) is 65.8 Å². The van der Waals surface area contributed by atoms with Crippen LogP contribution in [0.3, 0.4) is 0 Å². The molecule has 3 aromatic rings. The molecule has 2 heterocycles. The fourth-order valence-electron chi connectivity index (χ4n) is 4.27. The number of carbonyl (C=O) groups is 1. The first-order valence-corrected chi connectivity index (χ1v) is 13.3. The smallest absolute Gasteiger partial charge is 0.246 e. The van der Waals surface area contributed by atoms with Crippen molar-refractivity contribution in [3.63, 3.8) is 0 Å². The Labute approximate surface area is 211 Å². The molecule has 1 aliphatic heterocycles. The topological polar surface area (TPSA) is 96.6 Å². The van der Waals surface area contributed by atoms with Crippen LogP contribution in [0.4, 0.5) is 4.39 Å². The molecule has 0 aliphatic carbocycles. The minimum atomic E-state index is -3.81. The zero-order chi connectivity index (χ0) is 26.1. The maximum Gasteiger partial charge on any atom is 0.246 e. The van der Waals surface area contributed by atoms with Crippen LogP contribution >= 0.6 is 0 Å². The fraction of sp³-hybridized carbons (Fsp3) is 0.423. The van der Waals surface area contributed by atoms with Crippen LogP contribution < -0.4 is 0 Å². The van der Waals surface area contributed by atoms with E-state index in [-0.39, 0.29) is 29.3 Å². The Morgan fingerprint density at radius 2 is 1.81 bits per heavy atom. The Balaban J connectivity index is 1.40. The van der Waals surface area contributed by atoms with E-state index < -0.39 is 21.8 Å². The second-order valence-electron chi connectivity index (χ2n) is 10.2. The number of halogens is 1. The molecular weight excluding hydrogens is 483 g/mol. The predicted octanol–water partition coefficient (Wildman–Crippen LogP) is 4.23. The van der Waals surface area contributed by atoms with E-state index in [1.165, 1.54) is 26.9 Å². The summed E-state index contributed by atoms with van der Waals surface area (Å²) in [6.45, 7) is 6.93. The summed E-state index contributed by atoms with van der Waals surface area (Å²) in [6, 6.07) is 12.7. The van der Waals surface area contributed by atoms with E-state index >= 15 is 0 Å². The van der Waals surface area contributed by atoms with Crippen LogP contribution in [-0.2, 0) is 26.8 Å². The van der Waals surface area contributed by atoms with Crippen molar-refractivity contribution in [2.45, 2.75) is 50.5 Å². The highest BCUT2D eigenvalue weighted by atomic mass is 32.2. The summed E-state index contributed by atoms with van der Waals surface area (Å²) in [5.41, 5.74) is 2.06. The molecule has 1 amide bonds. The quantitative estimate of drug-likeness (QED) is 0.488. The van der Waals surface area contributed by atoms with Crippen molar-refractivity contribution in [2.24, 2.45) is 5.92 Å². The highest BCUT2D eigenvalue weighted by molar-refractivity contribution is 7.89. The molecule has 4 rings (SSSR count). The van der Waals surface area contributed by atoms with Gasteiger partial charge in [0.25, 0.3) is 0 Å². The maximum atomic E-state index is 13.2. The molecule has 1 aliphatic rings. The Kier molecular flexibility index (Phi) is 7.28. The Morgan fingerprint density at radius 3 is 2.44 bits per heavy atom. The van der Waals surface area contributed by atoms with E-state index in [9.17, 15) is 17.6 Å². The monoisotopic (exact) mass is 514 g/mol. The summed E-state index contributed by atoms with van der Waals surface area (Å²) in [5, 5.41) is 4.05. The van der Waals surface area contributed by atoms with Crippen LogP contribution in [0.25, 0.3) is 11.4 Å². The van der Waals surface area contributed by atoms with Gasteiger partial charge in [-0.1, -0.05) is 50.2 Å². The van der Waals surface area contributed by atoms with Crippen LogP contribution in [0.5, 0.6) is 0 Å². The molecule has 0 bridgehead atoms. The lowest BCUT2D eigenvalue weighted by atomic mass is 9.87. The van der Waals surface area contributed by atoms with Gasteiger partial charge in [-0.15, -0.1) is 0 Å². The zero-order valence-corrected chi connectivity index (χ0v) is 21.8. The lowest BCUT2D eigenvalue weighted by Gasteiger charge is -2.33. The van der Waals surface area contributed by atoms with Crippen LogP contribution in [0.2, 0.25) is 0 Å². The second-order valence-corrected chi connectivity index (χ2v) is 12.1. The predicted molar refractivity (Wildman–Crippen MR) is 133 cm³/mol. The van der Waals surface area contributed by atoms with E-state index in [1.807, 2.05) is 24.3 Å². The van der Waals surface area contributed by atoms with Crippen molar-refractivity contribution < 1.29 is 22.1 Å². The van der Waals surface area contributed by atoms with E-state index in [1.54, 1.807) is 7.05 Å². The first kappa shape index (κ1) is 26.0. The number of nitrogens with zero attached hydrogens (tertiary/aromatic N) is 4. The molecule has 192 valence electrons. The third kappa shape index (κ3) is 5.65. The average Bonchev–Trinajstić information content (AvgIpc) is 3.32. The first-order valence-electron chi connectivity index (χ1n) is 11.9. The van der Waals surface area contributed by atoms with Crippen LogP contribution in [-0.4, -0.2) is 53.8 Å². The normalized spacial score (nSPS) is 17.2.